The van der Waals surface area contributed by atoms with Crippen LogP contribution in [0.4, 0.5) is 10.5 Å². The zero-order chi connectivity index (χ0) is 16.2. The first-order chi connectivity index (χ1) is 9.64. The Balaban J connectivity index is 3.07. The number of carbonyl (C=O) groups excluding carboxylic acids is 2. The Morgan fingerprint density at radius 1 is 1.29 bits per heavy atom. The number of esters is 1. The Morgan fingerprint density at radius 2 is 1.90 bits per heavy atom. The van der Waals surface area contributed by atoms with E-state index in [4.69, 9.17) is 9.47 Å². The van der Waals surface area contributed by atoms with Crippen LogP contribution in [-0.4, -0.2) is 24.3 Å². The maximum atomic E-state index is 12.0. The van der Waals surface area contributed by atoms with Crippen molar-refractivity contribution in [3.05, 3.63) is 27.7 Å². The number of ether oxygens (including phenoxy) is 2. The summed E-state index contributed by atoms with van der Waals surface area (Å²) in [6, 6.07) is 3.32. The lowest BCUT2D eigenvalue weighted by Crippen LogP contribution is -2.28. The van der Waals surface area contributed by atoms with Gasteiger partial charge in [-0.15, -0.1) is 0 Å². The summed E-state index contributed by atoms with van der Waals surface area (Å²) in [6.07, 6.45) is -0.616. The fourth-order valence-electron chi connectivity index (χ4n) is 1.58. The second-order valence-electron chi connectivity index (χ2n) is 5.49. The number of hydrogen-bond donors (Lipinski definition) is 1. The van der Waals surface area contributed by atoms with Crippen molar-refractivity contribution in [1.82, 2.24) is 0 Å². The molecule has 0 aliphatic carbocycles. The molecule has 21 heavy (non-hydrogen) atoms. The largest absolute Gasteiger partial charge is 0.462 e. The number of aryl methyl sites for hydroxylation is 1. The first-order valence-corrected chi connectivity index (χ1v) is 7.40. The van der Waals surface area contributed by atoms with Gasteiger partial charge in [0, 0.05) is 4.47 Å². The standard InChI is InChI=1S/C15H20BrNO4/c1-6-20-13(18)10-8-11(16)9(2)7-12(10)17-14(19)21-15(3,4)5/h7-8H,6H2,1-5H3,(H,17,19). The van der Waals surface area contributed by atoms with Gasteiger partial charge in [0.1, 0.15) is 5.60 Å². The van der Waals surface area contributed by atoms with E-state index < -0.39 is 17.7 Å². The third-order valence-corrected chi connectivity index (χ3v) is 3.28. The molecule has 0 saturated carbocycles. The van der Waals surface area contributed by atoms with Gasteiger partial charge in [0.15, 0.2) is 0 Å². The molecule has 116 valence electrons. The first kappa shape index (κ1) is 17.5. The number of carbonyl (C=O) groups is 2. The Kier molecular flexibility index (Phi) is 5.78. The summed E-state index contributed by atoms with van der Waals surface area (Å²) in [4.78, 5) is 23.8. The minimum Gasteiger partial charge on any atom is -0.462 e. The number of amides is 1. The highest BCUT2D eigenvalue weighted by Crippen LogP contribution is 2.26. The quantitative estimate of drug-likeness (QED) is 0.819. The molecule has 0 heterocycles. The van der Waals surface area contributed by atoms with Crippen molar-refractivity contribution < 1.29 is 19.1 Å². The summed E-state index contributed by atoms with van der Waals surface area (Å²) < 4.78 is 11.0. The molecule has 0 saturated heterocycles. The molecule has 6 heteroatoms. The lowest BCUT2D eigenvalue weighted by molar-refractivity contribution is 0.0527. The van der Waals surface area contributed by atoms with E-state index in [9.17, 15) is 9.59 Å². The molecule has 1 amide bonds. The van der Waals surface area contributed by atoms with Crippen LogP contribution in [0.15, 0.2) is 16.6 Å². The van der Waals surface area contributed by atoms with E-state index in [0.717, 1.165) is 10.0 Å². The average Bonchev–Trinajstić information content (AvgIpc) is 2.31. The van der Waals surface area contributed by atoms with Gasteiger partial charge >= 0.3 is 12.1 Å². The lowest BCUT2D eigenvalue weighted by atomic mass is 10.1. The molecule has 0 aliphatic rings. The minimum atomic E-state index is -0.616. The Morgan fingerprint density at radius 3 is 2.43 bits per heavy atom. The van der Waals surface area contributed by atoms with Crippen LogP contribution in [0.2, 0.25) is 0 Å². The molecule has 1 N–H and O–H groups in total. The van der Waals surface area contributed by atoms with Gasteiger partial charge < -0.3 is 9.47 Å². The van der Waals surface area contributed by atoms with Crippen LogP contribution in [0.1, 0.15) is 43.6 Å². The van der Waals surface area contributed by atoms with Gasteiger partial charge in [0.05, 0.1) is 17.9 Å². The van der Waals surface area contributed by atoms with Gasteiger partial charge in [0.25, 0.3) is 0 Å². The molecule has 1 aromatic rings. The van der Waals surface area contributed by atoms with Crippen molar-refractivity contribution >= 4 is 33.7 Å². The maximum absolute atomic E-state index is 12.0. The van der Waals surface area contributed by atoms with Crippen molar-refractivity contribution in [3.8, 4) is 0 Å². The minimum absolute atomic E-state index is 0.260. The van der Waals surface area contributed by atoms with E-state index in [1.54, 1.807) is 39.8 Å². The normalized spacial score (nSPS) is 11.0. The van der Waals surface area contributed by atoms with Crippen LogP contribution in [0.5, 0.6) is 0 Å². The molecule has 0 aromatic heterocycles. The van der Waals surface area contributed by atoms with E-state index in [0.29, 0.717) is 5.69 Å². The summed E-state index contributed by atoms with van der Waals surface area (Å²) in [5.41, 5.74) is 0.913. The van der Waals surface area contributed by atoms with Crippen molar-refractivity contribution in [2.24, 2.45) is 0 Å². The Bertz CT molecular complexity index is 549. The SMILES string of the molecule is CCOC(=O)c1cc(Br)c(C)cc1NC(=O)OC(C)(C)C. The van der Waals surface area contributed by atoms with Crippen molar-refractivity contribution in [2.75, 3.05) is 11.9 Å². The number of rotatable bonds is 3. The van der Waals surface area contributed by atoms with Crippen LogP contribution in [-0.2, 0) is 9.47 Å². The summed E-state index contributed by atoms with van der Waals surface area (Å²) in [7, 11) is 0. The highest BCUT2D eigenvalue weighted by molar-refractivity contribution is 9.10. The van der Waals surface area contributed by atoms with E-state index in [1.165, 1.54) is 0 Å². The number of hydrogen-bond acceptors (Lipinski definition) is 4. The molecule has 0 fully saturated rings. The zero-order valence-electron chi connectivity index (χ0n) is 12.9. The van der Waals surface area contributed by atoms with Crippen LogP contribution in [0.3, 0.4) is 0 Å². The highest BCUT2D eigenvalue weighted by atomic mass is 79.9. The Hall–Kier alpha value is -1.56. The predicted octanol–water partition coefficient (Wildman–Crippen LogP) is 4.28. The van der Waals surface area contributed by atoms with Crippen LogP contribution in [0, 0.1) is 6.92 Å². The van der Waals surface area contributed by atoms with Gasteiger partial charge in [-0.3, -0.25) is 5.32 Å². The Labute approximate surface area is 133 Å². The van der Waals surface area contributed by atoms with E-state index >= 15 is 0 Å². The second-order valence-corrected chi connectivity index (χ2v) is 6.35. The fraction of sp³-hybridized carbons (Fsp3) is 0.467. The molecule has 0 spiro atoms. The summed E-state index contributed by atoms with van der Waals surface area (Å²) in [6.45, 7) is 9.15. The third kappa shape index (κ3) is 5.38. The first-order valence-electron chi connectivity index (χ1n) is 6.61. The molecule has 1 rings (SSSR count). The van der Waals surface area contributed by atoms with Crippen LogP contribution in [0.25, 0.3) is 0 Å². The maximum Gasteiger partial charge on any atom is 0.412 e. The number of halogens is 1. The summed E-state index contributed by atoms with van der Waals surface area (Å²) in [5, 5.41) is 2.59. The molecule has 0 aliphatic heterocycles. The van der Waals surface area contributed by atoms with Crippen LogP contribution < -0.4 is 5.32 Å². The highest BCUT2D eigenvalue weighted by Gasteiger charge is 2.20. The summed E-state index contributed by atoms with van der Waals surface area (Å²) in [5.74, 6) is -0.496. The monoisotopic (exact) mass is 357 g/mol. The zero-order valence-corrected chi connectivity index (χ0v) is 14.5. The van der Waals surface area contributed by atoms with Gasteiger partial charge in [0.2, 0.25) is 0 Å². The van der Waals surface area contributed by atoms with Crippen LogP contribution >= 0.6 is 15.9 Å². The molecule has 0 atom stereocenters. The number of benzene rings is 1. The third-order valence-electron chi connectivity index (χ3n) is 2.43. The van der Waals surface area contributed by atoms with Gasteiger partial charge in [-0.05, 0) is 52.3 Å². The number of anilines is 1. The van der Waals surface area contributed by atoms with E-state index in [2.05, 4.69) is 21.2 Å². The van der Waals surface area contributed by atoms with Crippen molar-refractivity contribution in [3.63, 3.8) is 0 Å². The molecular weight excluding hydrogens is 338 g/mol. The molecular formula is C15H20BrNO4. The van der Waals surface area contributed by atoms with Crippen molar-refractivity contribution in [1.29, 1.82) is 0 Å². The number of nitrogens with one attached hydrogen (secondary N) is 1. The molecule has 1 aromatic carbocycles. The van der Waals surface area contributed by atoms with Gasteiger partial charge in [-0.1, -0.05) is 15.9 Å². The lowest BCUT2D eigenvalue weighted by Gasteiger charge is -2.20. The average molecular weight is 358 g/mol. The fourth-order valence-corrected chi connectivity index (χ4v) is 1.92. The molecule has 0 bridgehead atoms. The summed E-state index contributed by atoms with van der Waals surface area (Å²) >= 11 is 3.36. The molecule has 0 radical (unpaired) electrons. The van der Waals surface area contributed by atoms with E-state index in [-0.39, 0.29) is 12.2 Å². The predicted molar refractivity (Wildman–Crippen MR) is 84.7 cm³/mol. The van der Waals surface area contributed by atoms with Crippen molar-refractivity contribution in [2.45, 2.75) is 40.2 Å². The topological polar surface area (TPSA) is 64.6 Å². The molecule has 5 nitrogen and oxygen atoms in total. The smallest absolute Gasteiger partial charge is 0.412 e. The van der Waals surface area contributed by atoms with Gasteiger partial charge in [-0.2, -0.15) is 0 Å². The van der Waals surface area contributed by atoms with Gasteiger partial charge in [-0.25, -0.2) is 9.59 Å². The second kappa shape index (κ2) is 6.93. The van der Waals surface area contributed by atoms with E-state index in [1.807, 2.05) is 6.92 Å². The molecule has 0 unspecified atom stereocenters.